The van der Waals surface area contributed by atoms with Gasteiger partial charge in [-0.3, -0.25) is 14.4 Å². The summed E-state index contributed by atoms with van der Waals surface area (Å²) in [5.74, 6) is -0.892. The van der Waals surface area contributed by atoms with Gasteiger partial charge < -0.3 is 14.2 Å². The smallest absolute Gasteiger partial charge is 0.306 e. The fourth-order valence-electron chi connectivity index (χ4n) is 10.7. The molecule has 0 aliphatic carbocycles. The van der Waals surface area contributed by atoms with Crippen molar-refractivity contribution < 1.29 is 28.6 Å². The number of esters is 3. The molecule has 482 valence electrons. The molecule has 0 aliphatic rings. The molecule has 0 spiro atoms. The monoisotopic (exact) mass is 1160 g/mol. The zero-order chi connectivity index (χ0) is 59.9. The Hall–Kier alpha value is -3.15. The van der Waals surface area contributed by atoms with E-state index in [2.05, 4.69) is 93.7 Å². The number of hydrogen-bond donors (Lipinski definition) is 0. The highest BCUT2D eigenvalue weighted by molar-refractivity contribution is 5.71. The van der Waals surface area contributed by atoms with Crippen molar-refractivity contribution in [2.24, 2.45) is 0 Å². The number of ether oxygens (including phenoxy) is 3. The summed E-state index contributed by atoms with van der Waals surface area (Å²) in [6, 6.07) is 0. The van der Waals surface area contributed by atoms with Crippen molar-refractivity contribution in [2.75, 3.05) is 13.2 Å². The number of allylic oxidation sites excluding steroid dienone is 12. The molecule has 0 saturated heterocycles. The molecule has 0 heterocycles. The summed E-state index contributed by atoms with van der Waals surface area (Å²) in [6.45, 7) is 6.55. The van der Waals surface area contributed by atoms with Gasteiger partial charge in [-0.05, 0) is 109 Å². The highest BCUT2D eigenvalue weighted by atomic mass is 16.6. The zero-order valence-electron chi connectivity index (χ0n) is 55.5. The van der Waals surface area contributed by atoms with Gasteiger partial charge in [0, 0.05) is 19.3 Å². The van der Waals surface area contributed by atoms with E-state index in [-0.39, 0.29) is 31.1 Å². The molecule has 1 unspecified atom stereocenters. The first kappa shape index (κ1) is 79.8. The van der Waals surface area contributed by atoms with E-state index in [0.717, 1.165) is 89.9 Å². The normalized spacial score (nSPS) is 12.5. The Morgan fingerprint density at radius 2 is 0.470 bits per heavy atom. The molecule has 0 aromatic carbocycles. The predicted octanol–water partition coefficient (Wildman–Crippen LogP) is 25.2. The van der Waals surface area contributed by atoms with Crippen LogP contribution in [0.5, 0.6) is 0 Å². The van der Waals surface area contributed by atoms with Crippen LogP contribution in [0, 0.1) is 0 Å². The van der Waals surface area contributed by atoms with Gasteiger partial charge in [0.25, 0.3) is 0 Å². The van der Waals surface area contributed by atoms with Crippen LogP contribution in [0.1, 0.15) is 380 Å². The summed E-state index contributed by atoms with van der Waals surface area (Å²) >= 11 is 0. The Morgan fingerprint density at radius 3 is 0.759 bits per heavy atom. The van der Waals surface area contributed by atoms with Gasteiger partial charge in [0.15, 0.2) is 6.10 Å². The minimum absolute atomic E-state index is 0.0820. The Kier molecular flexibility index (Phi) is 68.6. The average Bonchev–Trinajstić information content (AvgIpc) is 3.49. The molecule has 0 N–H and O–H groups in total. The number of hydrogen-bond acceptors (Lipinski definition) is 6. The third kappa shape index (κ3) is 69.5. The minimum Gasteiger partial charge on any atom is -0.462 e. The average molecular weight is 1160 g/mol. The molecule has 0 radical (unpaired) electrons. The van der Waals surface area contributed by atoms with E-state index in [1.54, 1.807) is 0 Å². The van der Waals surface area contributed by atoms with E-state index < -0.39 is 6.10 Å². The quantitative estimate of drug-likeness (QED) is 0.0261. The molecule has 0 aromatic rings. The summed E-state index contributed by atoms with van der Waals surface area (Å²) in [5, 5.41) is 0. The van der Waals surface area contributed by atoms with E-state index >= 15 is 0 Å². The highest BCUT2D eigenvalue weighted by Gasteiger charge is 2.19. The second kappa shape index (κ2) is 71.3. The van der Waals surface area contributed by atoms with E-state index in [1.165, 1.54) is 250 Å². The van der Waals surface area contributed by atoms with Crippen LogP contribution in [0.2, 0.25) is 0 Å². The van der Waals surface area contributed by atoms with Crippen molar-refractivity contribution in [2.45, 2.75) is 386 Å². The first-order valence-corrected chi connectivity index (χ1v) is 36.4. The van der Waals surface area contributed by atoms with E-state index in [4.69, 9.17) is 14.2 Å². The van der Waals surface area contributed by atoms with E-state index in [0.29, 0.717) is 19.3 Å². The minimum atomic E-state index is -0.789. The first-order chi connectivity index (χ1) is 41.0. The standard InChI is InChI=1S/C77H138O6/c1-4-7-10-13-16-19-22-25-27-29-31-33-35-37-38-40-41-43-45-47-49-52-55-58-61-64-67-70-76(79)82-73-74(72-81-75(78)69-66-63-60-57-54-51-24-21-18-15-12-9-6-3)83-77(80)71-68-65-62-59-56-53-50-48-46-44-42-39-36-34-32-30-28-26-23-20-17-14-11-8-5-2/h9,12,18,21,23,26,29-32,51,54,74H,4-8,10-11,13-17,19-20,22,24-25,27-28,33-50,52-53,55-73H2,1-3H3/b12-9-,21-18-,26-23-,31-29-,32-30-,54-51-. The van der Waals surface area contributed by atoms with Crippen LogP contribution in [-0.4, -0.2) is 37.2 Å². The lowest BCUT2D eigenvalue weighted by molar-refractivity contribution is -0.167. The number of unbranched alkanes of at least 4 members (excludes halogenated alkanes) is 44. The molecule has 0 saturated carbocycles. The third-order valence-corrected chi connectivity index (χ3v) is 16.2. The van der Waals surface area contributed by atoms with E-state index in [9.17, 15) is 14.4 Å². The SMILES string of the molecule is CC/C=C\C/C=C\C/C=C\CCCCCC(=O)OCC(COC(=O)CCCCCCCCCCCCCCCCC/C=C\CCCCCCCCCC)OC(=O)CCCCCCCCCCCCCCC/C=C\C/C=C\CCCCCCC. The Labute approximate surface area is 516 Å². The lowest BCUT2D eigenvalue weighted by Crippen LogP contribution is -2.30. The van der Waals surface area contributed by atoms with Crippen molar-refractivity contribution in [3.05, 3.63) is 72.9 Å². The molecule has 0 fully saturated rings. The molecule has 6 nitrogen and oxygen atoms in total. The first-order valence-electron chi connectivity index (χ1n) is 36.4. The van der Waals surface area contributed by atoms with Crippen LogP contribution >= 0.6 is 0 Å². The zero-order valence-corrected chi connectivity index (χ0v) is 55.5. The Bertz CT molecular complexity index is 1520. The van der Waals surface area contributed by atoms with Gasteiger partial charge in [-0.25, -0.2) is 0 Å². The van der Waals surface area contributed by atoms with Crippen LogP contribution in [0.15, 0.2) is 72.9 Å². The third-order valence-electron chi connectivity index (χ3n) is 16.2. The maximum absolute atomic E-state index is 13.0. The molecule has 6 heteroatoms. The summed E-state index contributed by atoms with van der Waals surface area (Å²) in [4.78, 5) is 38.4. The molecule has 0 aliphatic heterocycles. The maximum Gasteiger partial charge on any atom is 0.306 e. The second-order valence-electron chi connectivity index (χ2n) is 24.5. The molecule has 1 atom stereocenters. The molecule has 83 heavy (non-hydrogen) atoms. The number of rotatable bonds is 67. The Morgan fingerprint density at radius 1 is 0.253 bits per heavy atom. The number of carbonyl (C=O) groups excluding carboxylic acids is 3. The topological polar surface area (TPSA) is 78.9 Å². The maximum atomic E-state index is 13.0. The van der Waals surface area contributed by atoms with Crippen molar-refractivity contribution in [3.63, 3.8) is 0 Å². The molecule has 0 aromatic heterocycles. The van der Waals surface area contributed by atoms with Crippen molar-refractivity contribution in [1.29, 1.82) is 0 Å². The fourth-order valence-corrected chi connectivity index (χ4v) is 10.7. The fraction of sp³-hybridized carbons (Fsp3) is 0.805. The van der Waals surface area contributed by atoms with Gasteiger partial charge in [-0.1, -0.05) is 325 Å². The van der Waals surface area contributed by atoms with Crippen molar-refractivity contribution in [3.8, 4) is 0 Å². The van der Waals surface area contributed by atoms with Gasteiger partial charge in [-0.2, -0.15) is 0 Å². The predicted molar refractivity (Wildman–Crippen MR) is 362 cm³/mol. The molecule has 0 amide bonds. The van der Waals surface area contributed by atoms with Crippen LogP contribution in [0.4, 0.5) is 0 Å². The van der Waals surface area contributed by atoms with Gasteiger partial charge >= 0.3 is 17.9 Å². The lowest BCUT2D eigenvalue weighted by atomic mass is 10.0. The van der Waals surface area contributed by atoms with Gasteiger partial charge in [0.2, 0.25) is 0 Å². The van der Waals surface area contributed by atoms with E-state index in [1.807, 2.05) is 0 Å². The van der Waals surface area contributed by atoms with Crippen LogP contribution < -0.4 is 0 Å². The summed E-state index contributed by atoms with van der Waals surface area (Å²) in [5.41, 5.74) is 0. The summed E-state index contributed by atoms with van der Waals surface area (Å²) in [6.07, 6.45) is 93.8. The number of carbonyl (C=O) groups is 3. The highest BCUT2D eigenvalue weighted by Crippen LogP contribution is 2.18. The lowest BCUT2D eigenvalue weighted by Gasteiger charge is -2.18. The van der Waals surface area contributed by atoms with Gasteiger partial charge in [0.05, 0.1) is 0 Å². The molecular formula is C77H138O6. The summed E-state index contributed by atoms with van der Waals surface area (Å²) < 4.78 is 17.0. The van der Waals surface area contributed by atoms with Gasteiger partial charge in [0.1, 0.15) is 13.2 Å². The van der Waals surface area contributed by atoms with Gasteiger partial charge in [-0.15, -0.1) is 0 Å². The molecule has 0 bridgehead atoms. The van der Waals surface area contributed by atoms with Crippen LogP contribution in [-0.2, 0) is 28.6 Å². The van der Waals surface area contributed by atoms with Crippen LogP contribution in [0.25, 0.3) is 0 Å². The van der Waals surface area contributed by atoms with Crippen molar-refractivity contribution in [1.82, 2.24) is 0 Å². The Balaban J connectivity index is 4.24. The van der Waals surface area contributed by atoms with Crippen molar-refractivity contribution >= 4 is 17.9 Å². The second-order valence-corrected chi connectivity index (χ2v) is 24.5. The molecular weight excluding hydrogens is 1020 g/mol. The largest absolute Gasteiger partial charge is 0.462 e. The molecule has 0 rings (SSSR count). The van der Waals surface area contributed by atoms with Crippen LogP contribution in [0.3, 0.4) is 0 Å². The summed E-state index contributed by atoms with van der Waals surface area (Å²) in [7, 11) is 0.